The molecule has 1 heterocycles. The Morgan fingerprint density at radius 1 is 1.15 bits per heavy atom. The third-order valence-electron chi connectivity index (χ3n) is 1.29. The minimum absolute atomic E-state index is 0.601. The summed E-state index contributed by atoms with van der Waals surface area (Å²) in [5, 5.41) is 0. The first-order chi connectivity index (χ1) is 5.86. The number of rotatable bonds is 1. The van der Waals surface area contributed by atoms with Crippen LogP contribution in [0.25, 0.3) is 0 Å². The van der Waals surface area contributed by atoms with Gasteiger partial charge in [0, 0.05) is 0 Å². The molecule has 1 radical (unpaired) electrons. The van der Waals surface area contributed by atoms with Crippen LogP contribution < -0.4 is 0 Å². The van der Waals surface area contributed by atoms with E-state index in [9.17, 15) is 22.0 Å². The standard InChI is InChI=1S/C7H3F5N/c8-6(9,7(10,11)12)5-3-1-2-4-13-5/h1-3H. The molecule has 1 aromatic heterocycles. The number of hydrogen-bond acceptors (Lipinski definition) is 1. The Kier molecular flexibility index (Phi) is 2.23. The molecule has 1 nitrogen and oxygen atoms in total. The van der Waals surface area contributed by atoms with Crippen LogP contribution in [0.1, 0.15) is 5.69 Å². The van der Waals surface area contributed by atoms with Crippen molar-refractivity contribution in [1.82, 2.24) is 4.98 Å². The van der Waals surface area contributed by atoms with Gasteiger partial charge in [0.2, 0.25) is 0 Å². The fourth-order valence-electron chi connectivity index (χ4n) is 0.646. The van der Waals surface area contributed by atoms with E-state index in [0.717, 1.165) is 12.1 Å². The summed E-state index contributed by atoms with van der Waals surface area (Å²) in [7, 11) is 0. The highest BCUT2D eigenvalue weighted by Gasteiger charge is 2.59. The normalized spacial score (nSPS) is 13.0. The Hall–Kier alpha value is -1.20. The Labute approximate surface area is 70.2 Å². The molecule has 0 saturated heterocycles. The van der Waals surface area contributed by atoms with Gasteiger partial charge < -0.3 is 0 Å². The molecule has 0 N–H and O–H groups in total. The largest absolute Gasteiger partial charge is 0.459 e. The Bertz CT molecular complexity index is 279. The third kappa shape index (κ3) is 1.76. The maximum Gasteiger partial charge on any atom is 0.459 e. The van der Waals surface area contributed by atoms with E-state index in [0.29, 0.717) is 6.07 Å². The smallest absolute Gasteiger partial charge is 0.244 e. The molecule has 71 valence electrons. The van der Waals surface area contributed by atoms with Gasteiger partial charge in [0.15, 0.2) is 0 Å². The van der Waals surface area contributed by atoms with Crippen LogP contribution in [0.4, 0.5) is 22.0 Å². The second-order valence-corrected chi connectivity index (χ2v) is 2.22. The summed E-state index contributed by atoms with van der Waals surface area (Å²) in [4.78, 5) is 2.82. The van der Waals surface area contributed by atoms with E-state index in [1.165, 1.54) is 0 Å². The summed E-state index contributed by atoms with van der Waals surface area (Å²) in [6, 6.07) is 2.75. The third-order valence-corrected chi connectivity index (χ3v) is 1.29. The van der Waals surface area contributed by atoms with Crippen LogP contribution in [0.5, 0.6) is 0 Å². The average Bonchev–Trinajstić information content (AvgIpc) is 2.04. The van der Waals surface area contributed by atoms with Gasteiger partial charge >= 0.3 is 12.1 Å². The first-order valence-corrected chi connectivity index (χ1v) is 3.14. The lowest BCUT2D eigenvalue weighted by molar-refractivity contribution is -0.290. The number of hydrogen-bond donors (Lipinski definition) is 0. The van der Waals surface area contributed by atoms with Crippen LogP contribution in [0.3, 0.4) is 0 Å². The van der Waals surface area contributed by atoms with Crippen LogP contribution in [-0.2, 0) is 5.92 Å². The lowest BCUT2D eigenvalue weighted by atomic mass is 10.2. The molecule has 0 atom stereocenters. The van der Waals surface area contributed by atoms with Crippen molar-refractivity contribution >= 4 is 0 Å². The first kappa shape index (κ1) is 9.88. The van der Waals surface area contributed by atoms with Gasteiger partial charge in [0.05, 0.1) is 6.20 Å². The highest BCUT2D eigenvalue weighted by Crippen LogP contribution is 2.42. The zero-order valence-corrected chi connectivity index (χ0v) is 6.07. The molecular formula is C7H3F5N. The molecule has 13 heavy (non-hydrogen) atoms. The van der Waals surface area contributed by atoms with Crippen molar-refractivity contribution in [3.63, 3.8) is 0 Å². The van der Waals surface area contributed by atoms with E-state index < -0.39 is 17.8 Å². The molecule has 0 saturated carbocycles. The highest BCUT2D eigenvalue weighted by atomic mass is 19.4. The van der Waals surface area contributed by atoms with E-state index in [-0.39, 0.29) is 0 Å². The molecule has 0 fully saturated rings. The second kappa shape index (κ2) is 2.93. The molecule has 0 unspecified atom stereocenters. The predicted molar refractivity (Wildman–Crippen MR) is 33.0 cm³/mol. The van der Waals surface area contributed by atoms with Gasteiger partial charge in [-0.3, -0.25) is 0 Å². The molecule has 6 heteroatoms. The summed E-state index contributed by atoms with van der Waals surface area (Å²) >= 11 is 0. The fourth-order valence-corrected chi connectivity index (χ4v) is 0.646. The van der Waals surface area contributed by atoms with E-state index in [1.54, 1.807) is 0 Å². The summed E-state index contributed by atoms with van der Waals surface area (Å²) in [5.74, 6) is -4.91. The molecule has 0 bridgehead atoms. The van der Waals surface area contributed by atoms with E-state index in [4.69, 9.17) is 0 Å². The maximum atomic E-state index is 12.5. The van der Waals surface area contributed by atoms with Crippen molar-refractivity contribution in [2.45, 2.75) is 12.1 Å². The molecule has 1 aromatic rings. The molecule has 0 amide bonds. The van der Waals surface area contributed by atoms with Gasteiger partial charge in [-0.1, -0.05) is 6.07 Å². The molecule has 1 rings (SSSR count). The predicted octanol–water partition coefficient (Wildman–Crippen LogP) is 2.54. The van der Waals surface area contributed by atoms with Gasteiger partial charge in [0.25, 0.3) is 0 Å². The summed E-state index contributed by atoms with van der Waals surface area (Å²) in [5.41, 5.74) is -1.34. The SMILES string of the molecule is FC(F)(F)C(F)(F)c1ccc[c]n1. The van der Waals surface area contributed by atoms with E-state index in [2.05, 4.69) is 4.98 Å². The van der Waals surface area contributed by atoms with Crippen LogP contribution in [-0.4, -0.2) is 11.2 Å². The van der Waals surface area contributed by atoms with Crippen molar-refractivity contribution in [1.29, 1.82) is 0 Å². The Balaban J connectivity index is 3.08. The second-order valence-electron chi connectivity index (χ2n) is 2.22. The van der Waals surface area contributed by atoms with Gasteiger partial charge in [0.1, 0.15) is 5.69 Å². The number of alkyl halides is 5. The van der Waals surface area contributed by atoms with Crippen molar-refractivity contribution in [2.24, 2.45) is 0 Å². The summed E-state index contributed by atoms with van der Waals surface area (Å²) in [6.45, 7) is 0. The molecular weight excluding hydrogens is 193 g/mol. The number of halogens is 5. The topological polar surface area (TPSA) is 12.9 Å². The number of nitrogens with zero attached hydrogens (tertiary/aromatic N) is 1. The lowest BCUT2D eigenvalue weighted by Gasteiger charge is -2.18. The minimum atomic E-state index is -5.62. The van der Waals surface area contributed by atoms with Gasteiger partial charge in [-0.2, -0.15) is 22.0 Å². The van der Waals surface area contributed by atoms with E-state index >= 15 is 0 Å². The molecule has 0 spiro atoms. The molecule has 0 aliphatic rings. The van der Waals surface area contributed by atoms with E-state index in [1.807, 2.05) is 6.20 Å². The van der Waals surface area contributed by atoms with Crippen molar-refractivity contribution in [2.75, 3.05) is 0 Å². The van der Waals surface area contributed by atoms with Gasteiger partial charge in [-0.15, -0.1) is 0 Å². The maximum absolute atomic E-state index is 12.5. The van der Waals surface area contributed by atoms with Gasteiger partial charge in [-0.05, 0) is 12.1 Å². The summed E-state index contributed by atoms with van der Waals surface area (Å²) in [6.07, 6.45) is -3.71. The Morgan fingerprint density at radius 2 is 1.77 bits per heavy atom. The minimum Gasteiger partial charge on any atom is -0.244 e. The molecule has 0 aliphatic heterocycles. The van der Waals surface area contributed by atoms with Crippen LogP contribution in [0, 0.1) is 6.20 Å². The number of aromatic nitrogens is 1. The first-order valence-electron chi connectivity index (χ1n) is 3.14. The van der Waals surface area contributed by atoms with Crippen LogP contribution in [0.2, 0.25) is 0 Å². The zero-order valence-electron chi connectivity index (χ0n) is 6.07. The zero-order chi connectivity index (χ0) is 10.1. The molecule has 0 aliphatic carbocycles. The van der Waals surface area contributed by atoms with Crippen molar-refractivity contribution < 1.29 is 22.0 Å². The number of pyridine rings is 1. The van der Waals surface area contributed by atoms with Crippen LogP contribution >= 0.6 is 0 Å². The fraction of sp³-hybridized carbons (Fsp3) is 0.286. The highest BCUT2D eigenvalue weighted by molar-refractivity contribution is 5.11. The van der Waals surface area contributed by atoms with Crippen LogP contribution in [0.15, 0.2) is 18.2 Å². The monoisotopic (exact) mass is 196 g/mol. The quantitative estimate of drug-likeness (QED) is 0.629. The average molecular weight is 196 g/mol. The van der Waals surface area contributed by atoms with Crippen molar-refractivity contribution in [3.8, 4) is 0 Å². The molecule has 0 aromatic carbocycles. The lowest BCUT2D eigenvalue weighted by Crippen LogP contribution is -2.34. The summed E-state index contributed by atoms with van der Waals surface area (Å²) < 4.78 is 60.1. The Morgan fingerprint density at radius 3 is 2.15 bits per heavy atom. The van der Waals surface area contributed by atoms with Gasteiger partial charge in [-0.25, -0.2) is 4.98 Å². The van der Waals surface area contributed by atoms with Crippen molar-refractivity contribution in [3.05, 3.63) is 30.1 Å².